The number of aromatic amines is 1. The Bertz CT molecular complexity index is 959. The molecular weight excluding hydrogens is 358 g/mol. The Balaban J connectivity index is 0.000000161. The molecule has 2 aromatic heterocycles. The number of rotatable bonds is 6. The summed E-state index contributed by atoms with van der Waals surface area (Å²) >= 11 is 0. The van der Waals surface area contributed by atoms with Gasteiger partial charge in [-0.15, -0.1) is 0 Å². The fourth-order valence-corrected chi connectivity index (χ4v) is 3.09. The summed E-state index contributed by atoms with van der Waals surface area (Å²) in [6.45, 7) is 3.07. The minimum absolute atomic E-state index is 0.127. The first-order valence-corrected chi connectivity index (χ1v) is 9.36. The lowest BCUT2D eigenvalue weighted by atomic mass is 9.93. The zero-order valence-corrected chi connectivity index (χ0v) is 15.7. The number of unbranched alkanes of at least 4 members (excludes halogenated alkanes) is 3. The number of hydrogen-bond acceptors (Lipinski definition) is 5. The third-order valence-corrected chi connectivity index (χ3v) is 4.56. The molecule has 146 valence electrons. The summed E-state index contributed by atoms with van der Waals surface area (Å²) in [4.78, 5) is 25.8. The lowest BCUT2D eigenvalue weighted by Gasteiger charge is -2.11. The summed E-state index contributed by atoms with van der Waals surface area (Å²) in [6.07, 6.45) is 7.18. The zero-order valence-electron chi connectivity index (χ0n) is 15.7. The van der Waals surface area contributed by atoms with E-state index < -0.39 is 11.6 Å². The van der Waals surface area contributed by atoms with E-state index in [2.05, 4.69) is 30.1 Å². The maximum absolute atomic E-state index is 11.3. The summed E-state index contributed by atoms with van der Waals surface area (Å²) < 4.78 is 5.67. The van der Waals surface area contributed by atoms with Crippen molar-refractivity contribution in [1.29, 1.82) is 0 Å². The van der Waals surface area contributed by atoms with Crippen molar-refractivity contribution in [3.8, 4) is 17.2 Å². The lowest BCUT2D eigenvalue weighted by Crippen LogP contribution is -2.11. The molecule has 2 bridgehead atoms. The van der Waals surface area contributed by atoms with Crippen LogP contribution in [0.15, 0.2) is 42.5 Å². The van der Waals surface area contributed by atoms with Gasteiger partial charge in [-0.1, -0.05) is 26.2 Å². The van der Waals surface area contributed by atoms with E-state index in [1.54, 1.807) is 0 Å². The Morgan fingerprint density at radius 3 is 2.04 bits per heavy atom. The Labute approximate surface area is 162 Å². The standard InChI is InChI=1S/C12H17NO.C10H6O4/c1-2-3-4-5-8-14-12-9-10-6-7-11(12)13-10;11-5-1-2-6(12)10-8(14)4-3-7(13)9(5)10/h6-7,9,13H,2-5,8H2,1H3;1-4,11-12H. The maximum atomic E-state index is 11.3. The Kier molecular flexibility index (Phi) is 5.99. The third kappa shape index (κ3) is 4.17. The lowest BCUT2D eigenvalue weighted by molar-refractivity contribution is 0.0989. The van der Waals surface area contributed by atoms with E-state index in [1.165, 1.54) is 31.4 Å². The molecule has 0 aliphatic heterocycles. The monoisotopic (exact) mass is 381 g/mol. The van der Waals surface area contributed by atoms with Crippen molar-refractivity contribution in [2.75, 3.05) is 6.61 Å². The van der Waals surface area contributed by atoms with Crippen LogP contribution >= 0.6 is 0 Å². The molecule has 0 saturated carbocycles. The quantitative estimate of drug-likeness (QED) is 0.428. The van der Waals surface area contributed by atoms with Gasteiger partial charge in [-0.2, -0.15) is 0 Å². The predicted molar refractivity (Wildman–Crippen MR) is 107 cm³/mol. The number of carbonyl (C=O) groups excluding carboxylic acids is 2. The van der Waals surface area contributed by atoms with Crippen LogP contribution in [-0.4, -0.2) is 33.4 Å². The number of carbonyl (C=O) groups is 2. The number of phenols is 2. The van der Waals surface area contributed by atoms with E-state index in [-0.39, 0.29) is 22.6 Å². The number of H-pyrrole nitrogens is 1. The van der Waals surface area contributed by atoms with Gasteiger partial charge in [-0.25, -0.2) is 0 Å². The molecule has 1 aliphatic carbocycles. The highest BCUT2D eigenvalue weighted by molar-refractivity contribution is 6.24. The molecule has 3 aromatic rings. The van der Waals surface area contributed by atoms with Crippen LogP contribution in [-0.2, 0) is 0 Å². The Morgan fingerprint density at radius 2 is 1.54 bits per heavy atom. The molecule has 6 heteroatoms. The number of benzene rings is 2. The molecule has 3 N–H and O–H groups in total. The first-order chi connectivity index (χ1) is 13.5. The normalized spacial score (nSPS) is 12.8. The zero-order chi connectivity index (χ0) is 20.1. The molecule has 6 nitrogen and oxygen atoms in total. The second kappa shape index (κ2) is 8.61. The van der Waals surface area contributed by atoms with Crippen LogP contribution in [0, 0.1) is 0 Å². The van der Waals surface area contributed by atoms with Gasteiger partial charge >= 0.3 is 0 Å². The van der Waals surface area contributed by atoms with Gasteiger partial charge in [0.05, 0.1) is 23.3 Å². The minimum Gasteiger partial charge on any atom is -0.507 e. The highest BCUT2D eigenvalue weighted by Gasteiger charge is 2.25. The first-order valence-electron chi connectivity index (χ1n) is 9.36. The SMILES string of the molecule is CCCCCCOc1cc2ccc1[nH]2.O=C1C=CC(=O)c2c(O)ccc(O)c21. The molecule has 4 rings (SSSR count). The van der Waals surface area contributed by atoms with Gasteiger partial charge in [0.1, 0.15) is 17.2 Å². The number of nitrogens with one attached hydrogen (secondary N) is 1. The summed E-state index contributed by atoms with van der Waals surface area (Å²) in [7, 11) is 0. The fourth-order valence-electron chi connectivity index (χ4n) is 3.09. The van der Waals surface area contributed by atoms with Gasteiger partial charge in [0, 0.05) is 11.6 Å². The van der Waals surface area contributed by atoms with Gasteiger partial charge in [-0.3, -0.25) is 9.59 Å². The maximum Gasteiger partial charge on any atom is 0.190 e. The molecule has 0 spiro atoms. The number of fused-ring (bicyclic) bond motifs is 3. The molecule has 1 aromatic carbocycles. The number of aromatic hydroxyl groups is 2. The van der Waals surface area contributed by atoms with E-state index in [0.29, 0.717) is 0 Å². The first kappa shape index (κ1) is 19.5. The van der Waals surface area contributed by atoms with Crippen LogP contribution in [0.4, 0.5) is 0 Å². The predicted octanol–water partition coefficient (Wildman–Crippen LogP) is 4.60. The second-order valence-electron chi connectivity index (χ2n) is 6.66. The van der Waals surface area contributed by atoms with Crippen LogP contribution < -0.4 is 4.74 Å². The molecule has 0 atom stereocenters. The van der Waals surface area contributed by atoms with Crippen molar-refractivity contribution < 1.29 is 24.5 Å². The van der Waals surface area contributed by atoms with E-state index in [1.807, 2.05) is 0 Å². The van der Waals surface area contributed by atoms with Crippen molar-refractivity contribution in [2.24, 2.45) is 0 Å². The number of hydrogen-bond donors (Lipinski definition) is 3. The van der Waals surface area contributed by atoms with Gasteiger partial charge in [0.25, 0.3) is 0 Å². The highest BCUT2D eigenvalue weighted by Crippen LogP contribution is 2.32. The highest BCUT2D eigenvalue weighted by atomic mass is 16.5. The molecule has 0 radical (unpaired) electrons. The number of allylic oxidation sites excluding steroid dienone is 2. The number of phenolic OH excluding ortho intramolecular Hbond substituents is 2. The summed E-state index contributed by atoms with van der Waals surface area (Å²) in [5.74, 6) is -0.527. The molecular formula is C22H23NO5. The second-order valence-corrected chi connectivity index (χ2v) is 6.66. The van der Waals surface area contributed by atoms with Crippen molar-refractivity contribution in [3.05, 3.63) is 53.6 Å². The third-order valence-electron chi connectivity index (χ3n) is 4.56. The van der Waals surface area contributed by atoms with Crippen LogP contribution in [0.5, 0.6) is 17.2 Å². The van der Waals surface area contributed by atoms with E-state index in [4.69, 9.17) is 4.74 Å². The average molecular weight is 381 g/mol. The van der Waals surface area contributed by atoms with Gasteiger partial charge in [0.2, 0.25) is 0 Å². The van der Waals surface area contributed by atoms with Crippen LogP contribution in [0.25, 0.3) is 11.0 Å². The molecule has 0 saturated heterocycles. The van der Waals surface area contributed by atoms with Crippen LogP contribution in [0.1, 0.15) is 53.3 Å². The van der Waals surface area contributed by atoms with E-state index in [0.717, 1.165) is 42.0 Å². The molecule has 0 unspecified atom stereocenters. The number of ether oxygens (including phenoxy) is 1. The fraction of sp³-hybridized carbons (Fsp3) is 0.273. The smallest absolute Gasteiger partial charge is 0.190 e. The van der Waals surface area contributed by atoms with Crippen molar-refractivity contribution in [3.63, 3.8) is 0 Å². The molecule has 0 fully saturated rings. The van der Waals surface area contributed by atoms with Crippen LogP contribution in [0.3, 0.4) is 0 Å². The molecule has 2 heterocycles. The van der Waals surface area contributed by atoms with Gasteiger partial charge in [-0.05, 0) is 42.8 Å². The van der Waals surface area contributed by atoms with Crippen LogP contribution in [0.2, 0.25) is 0 Å². The number of aromatic nitrogens is 1. The minimum atomic E-state index is -0.479. The van der Waals surface area contributed by atoms with E-state index in [9.17, 15) is 19.8 Å². The average Bonchev–Trinajstić information content (AvgIpc) is 3.30. The Hall–Kier alpha value is -3.28. The topological polar surface area (TPSA) is 99.6 Å². The largest absolute Gasteiger partial charge is 0.507 e. The summed E-state index contributed by atoms with van der Waals surface area (Å²) in [5, 5.41) is 18.7. The van der Waals surface area contributed by atoms with E-state index >= 15 is 0 Å². The number of ketones is 2. The van der Waals surface area contributed by atoms with Gasteiger partial charge in [0.15, 0.2) is 11.6 Å². The summed E-state index contributed by atoms with van der Waals surface area (Å²) in [6, 6.07) is 8.56. The van der Waals surface area contributed by atoms with Crippen molar-refractivity contribution >= 4 is 22.6 Å². The molecule has 1 aliphatic rings. The molecule has 0 amide bonds. The Morgan fingerprint density at radius 1 is 0.893 bits per heavy atom. The summed E-state index contributed by atoms with van der Waals surface area (Å²) in [5.41, 5.74) is 2.02. The van der Waals surface area contributed by atoms with Crippen molar-refractivity contribution in [1.82, 2.24) is 4.98 Å². The van der Waals surface area contributed by atoms with Crippen molar-refractivity contribution in [2.45, 2.75) is 32.6 Å². The molecule has 28 heavy (non-hydrogen) atoms. The van der Waals surface area contributed by atoms with Gasteiger partial charge < -0.3 is 19.9 Å².